The number of amides is 2. The average molecular weight is 384 g/mol. The first-order valence-corrected chi connectivity index (χ1v) is 8.78. The number of carbonyl (C=O) groups is 3. The number of nitrogens with one attached hydrogen (secondary N) is 2. The van der Waals surface area contributed by atoms with Crippen LogP contribution < -0.4 is 15.4 Å². The highest BCUT2D eigenvalue weighted by Gasteiger charge is 2.13. The molecule has 0 spiro atoms. The molecule has 2 aromatic carbocycles. The Kier molecular flexibility index (Phi) is 6.76. The highest BCUT2D eigenvalue weighted by atomic mass is 16.5. The average Bonchev–Trinajstić information content (AvgIpc) is 2.64. The second-order valence-electron chi connectivity index (χ2n) is 7.26. The molecule has 2 aromatic rings. The lowest BCUT2D eigenvalue weighted by atomic mass is 9.87. The molecule has 0 fully saturated rings. The van der Waals surface area contributed by atoms with Crippen molar-refractivity contribution in [3.63, 3.8) is 0 Å². The first-order valence-electron chi connectivity index (χ1n) is 8.78. The number of rotatable bonds is 7. The van der Waals surface area contributed by atoms with E-state index in [0.717, 1.165) is 0 Å². The third-order valence-corrected chi connectivity index (χ3v) is 3.92. The molecule has 0 saturated heterocycles. The van der Waals surface area contributed by atoms with E-state index in [1.165, 1.54) is 17.7 Å². The Hall–Kier alpha value is -3.35. The maximum Gasteiger partial charge on any atom is 0.322 e. The fourth-order valence-electron chi connectivity index (χ4n) is 2.36. The van der Waals surface area contributed by atoms with Gasteiger partial charge in [-0.1, -0.05) is 32.9 Å². The first-order chi connectivity index (χ1) is 13.1. The van der Waals surface area contributed by atoms with Gasteiger partial charge >= 0.3 is 5.97 Å². The molecule has 2 rings (SSSR count). The van der Waals surface area contributed by atoms with Crippen molar-refractivity contribution in [3.8, 4) is 5.75 Å². The molecule has 0 bridgehead atoms. The van der Waals surface area contributed by atoms with Gasteiger partial charge < -0.3 is 20.5 Å². The molecule has 2 amide bonds. The van der Waals surface area contributed by atoms with Crippen LogP contribution >= 0.6 is 0 Å². The van der Waals surface area contributed by atoms with Gasteiger partial charge in [0.15, 0.2) is 6.61 Å². The molecular formula is C21H24N2O5. The molecule has 0 atom stereocenters. The van der Waals surface area contributed by atoms with Gasteiger partial charge in [0.1, 0.15) is 12.3 Å². The quantitative estimate of drug-likeness (QED) is 0.681. The molecule has 148 valence electrons. The predicted octanol–water partition coefficient (Wildman–Crippen LogP) is 2.82. The van der Waals surface area contributed by atoms with E-state index in [-0.39, 0.29) is 17.9 Å². The van der Waals surface area contributed by atoms with E-state index in [4.69, 9.17) is 9.84 Å². The SMILES string of the molecule is CC(C)(C)c1ccc(OCC(=O)Nc2ccc(C(=O)NCC(=O)O)cc2)cc1. The maximum atomic E-state index is 12.0. The molecule has 0 aromatic heterocycles. The van der Waals surface area contributed by atoms with Crippen LogP contribution in [0.2, 0.25) is 0 Å². The second-order valence-corrected chi connectivity index (χ2v) is 7.26. The zero-order valence-electron chi connectivity index (χ0n) is 16.1. The first kappa shape index (κ1) is 21.0. The number of carboxylic acids is 1. The topological polar surface area (TPSA) is 105 Å². The van der Waals surface area contributed by atoms with Crippen LogP contribution in [0.4, 0.5) is 5.69 Å². The molecule has 7 heteroatoms. The van der Waals surface area contributed by atoms with Crippen LogP contribution in [-0.4, -0.2) is 36.0 Å². The number of ether oxygens (including phenoxy) is 1. The van der Waals surface area contributed by atoms with Crippen molar-refractivity contribution in [2.24, 2.45) is 0 Å². The fourth-order valence-corrected chi connectivity index (χ4v) is 2.36. The highest BCUT2D eigenvalue weighted by molar-refractivity contribution is 5.97. The summed E-state index contributed by atoms with van der Waals surface area (Å²) in [5.74, 6) is -1.34. The summed E-state index contributed by atoms with van der Waals surface area (Å²) in [7, 11) is 0. The molecule has 0 unspecified atom stereocenters. The summed E-state index contributed by atoms with van der Waals surface area (Å²) in [6, 6.07) is 13.7. The Morgan fingerprint density at radius 2 is 1.57 bits per heavy atom. The molecule has 3 N–H and O–H groups in total. The summed E-state index contributed by atoms with van der Waals surface area (Å²) in [5.41, 5.74) is 2.03. The zero-order chi connectivity index (χ0) is 20.7. The largest absolute Gasteiger partial charge is 0.484 e. The number of hydrogen-bond acceptors (Lipinski definition) is 4. The van der Waals surface area contributed by atoms with Gasteiger partial charge in [-0.15, -0.1) is 0 Å². The van der Waals surface area contributed by atoms with Gasteiger partial charge in [0.2, 0.25) is 0 Å². The van der Waals surface area contributed by atoms with Crippen LogP contribution in [0.25, 0.3) is 0 Å². The molecule has 0 aliphatic carbocycles. The molecule has 0 aliphatic heterocycles. The lowest BCUT2D eigenvalue weighted by Gasteiger charge is -2.19. The van der Waals surface area contributed by atoms with Gasteiger partial charge in [-0.3, -0.25) is 14.4 Å². The molecular weight excluding hydrogens is 360 g/mol. The predicted molar refractivity (Wildman–Crippen MR) is 106 cm³/mol. The van der Waals surface area contributed by atoms with E-state index in [0.29, 0.717) is 17.0 Å². The number of aliphatic carboxylic acids is 1. The van der Waals surface area contributed by atoms with E-state index in [1.54, 1.807) is 12.1 Å². The third kappa shape index (κ3) is 6.42. The molecule has 28 heavy (non-hydrogen) atoms. The highest BCUT2D eigenvalue weighted by Crippen LogP contribution is 2.24. The molecule has 0 aliphatic rings. The smallest absolute Gasteiger partial charge is 0.322 e. The summed E-state index contributed by atoms with van der Waals surface area (Å²) in [6.07, 6.45) is 0. The van der Waals surface area contributed by atoms with Gasteiger partial charge in [0.25, 0.3) is 11.8 Å². The summed E-state index contributed by atoms with van der Waals surface area (Å²) < 4.78 is 5.49. The zero-order valence-corrected chi connectivity index (χ0v) is 16.1. The Morgan fingerprint density at radius 1 is 0.964 bits per heavy atom. The van der Waals surface area contributed by atoms with Gasteiger partial charge in [-0.25, -0.2) is 0 Å². The van der Waals surface area contributed by atoms with Crippen molar-refractivity contribution in [3.05, 3.63) is 59.7 Å². The van der Waals surface area contributed by atoms with Crippen LogP contribution in [0.15, 0.2) is 48.5 Å². The lowest BCUT2D eigenvalue weighted by Crippen LogP contribution is -2.29. The van der Waals surface area contributed by atoms with Gasteiger partial charge in [0, 0.05) is 11.3 Å². The standard InChI is InChI=1S/C21H24N2O5/c1-21(2,3)15-6-10-17(11-7-15)28-13-18(24)23-16-8-4-14(5-9-16)20(27)22-12-19(25)26/h4-11H,12-13H2,1-3H3,(H,22,27)(H,23,24)(H,25,26). The van der Waals surface area contributed by atoms with Crippen molar-refractivity contribution >= 4 is 23.5 Å². The Morgan fingerprint density at radius 3 is 2.11 bits per heavy atom. The minimum Gasteiger partial charge on any atom is -0.484 e. The fraction of sp³-hybridized carbons (Fsp3) is 0.286. The monoisotopic (exact) mass is 384 g/mol. The second kappa shape index (κ2) is 9.03. The van der Waals surface area contributed by atoms with Gasteiger partial charge in [-0.05, 0) is 47.4 Å². The van der Waals surface area contributed by atoms with E-state index in [9.17, 15) is 14.4 Å². The molecule has 7 nitrogen and oxygen atoms in total. The Labute approximate surface area is 163 Å². The lowest BCUT2D eigenvalue weighted by molar-refractivity contribution is -0.135. The summed E-state index contributed by atoms with van der Waals surface area (Å²) >= 11 is 0. The van der Waals surface area contributed by atoms with Crippen molar-refractivity contribution < 1.29 is 24.2 Å². The van der Waals surface area contributed by atoms with Crippen LogP contribution in [0, 0.1) is 0 Å². The Balaban J connectivity index is 1.84. The maximum absolute atomic E-state index is 12.0. The normalized spacial score (nSPS) is 10.8. The number of carboxylic acid groups (broad SMARTS) is 1. The third-order valence-electron chi connectivity index (χ3n) is 3.92. The number of anilines is 1. The Bertz CT molecular complexity index is 837. The van der Waals surface area contributed by atoms with Crippen molar-refractivity contribution in [2.45, 2.75) is 26.2 Å². The van der Waals surface area contributed by atoms with E-state index in [2.05, 4.69) is 31.4 Å². The molecule has 0 saturated carbocycles. The summed E-state index contributed by atoms with van der Waals surface area (Å²) in [4.78, 5) is 34.2. The summed E-state index contributed by atoms with van der Waals surface area (Å²) in [5, 5.41) is 13.5. The van der Waals surface area contributed by atoms with Crippen molar-refractivity contribution in [2.75, 3.05) is 18.5 Å². The number of benzene rings is 2. The minimum atomic E-state index is -1.12. The van der Waals surface area contributed by atoms with E-state index in [1.807, 2.05) is 24.3 Å². The molecule has 0 heterocycles. The van der Waals surface area contributed by atoms with Crippen LogP contribution in [0.3, 0.4) is 0 Å². The minimum absolute atomic E-state index is 0.0482. The van der Waals surface area contributed by atoms with Crippen molar-refractivity contribution in [1.29, 1.82) is 0 Å². The van der Waals surface area contributed by atoms with E-state index < -0.39 is 18.4 Å². The summed E-state index contributed by atoms with van der Waals surface area (Å²) in [6.45, 7) is 5.77. The van der Waals surface area contributed by atoms with Crippen LogP contribution in [0.1, 0.15) is 36.7 Å². The van der Waals surface area contributed by atoms with Crippen LogP contribution in [0.5, 0.6) is 5.75 Å². The van der Waals surface area contributed by atoms with Gasteiger partial charge in [-0.2, -0.15) is 0 Å². The van der Waals surface area contributed by atoms with Crippen LogP contribution in [-0.2, 0) is 15.0 Å². The number of hydrogen-bond donors (Lipinski definition) is 3. The van der Waals surface area contributed by atoms with E-state index >= 15 is 0 Å². The molecule has 0 radical (unpaired) electrons. The van der Waals surface area contributed by atoms with Gasteiger partial charge in [0.05, 0.1) is 0 Å². The van der Waals surface area contributed by atoms with Crippen molar-refractivity contribution in [1.82, 2.24) is 5.32 Å². The number of carbonyl (C=O) groups excluding carboxylic acids is 2.